The van der Waals surface area contributed by atoms with Gasteiger partial charge in [0.1, 0.15) is 0 Å². The highest BCUT2D eigenvalue weighted by molar-refractivity contribution is 7.98. The minimum Gasteiger partial charge on any atom is -0.351 e. The molecule has 1 aliphatic heterocycles. The molecule has 32 heavy (non-hydrogen) atoms. The van der Waals surface area contributed by atoms with Crippen LogP contribution in [0.2, 0.25) is 0 Å². The third-order valence-corrected chi connectivity index (χ3v) is 6.80. The lowest BCUT2D eigenvalue weighted by atomic mass is 9.94. The van der Waals surface area contributed by atoms with Crippen molar-refractivity contribution in [2.24, 2.45) is 0 Å². The summed E-state index contributed by atoms with van der Waals surface area (Å²) in [6.45, 7) is 5.17. The van der Waals surface area contributed by atoms with E-state index in [-0.39, 0.29) is 6.04 Å². The van der Waals surface area contributed by atoms with Crippen LogP contribution in [-0.2, 0) is 0 Å². The second-order valence-corrected chi connectivity index (χ2v) is 9.07. The van der Waals surface area contributed by atoms with Crippen molar-refractivity contribution >= 4 is 34.7 Å². The highest BCUT2D eigenvalue weighted by Gasteiger charge is 2.33. The number of hydrogen-bond donors (Lipinski definition) is 1. The van der Waals surface area contributed by atoms with Gasteiger partial charge in [-0.05, 0) is 61.6 Å². The molecule has 166 valence electrons. The molecule has 0 radical (unpaired) electrons. The van der Waals surface area contributed by atoms with Crippen LogP contribution in [0.3, 0.4) is 0 Å². The van der Waals surface area contributed by atoms with Gasteiger partial charge in [0, 0.05) is 22.7 Å². The van der Waals surface area contributed by atoms with Gasteiger partial charge in [-0.1, -0.05) is 55.3 Å². The second-order valence-electron chi connectivity index (χ2n) is 7.80. The monoisotopic (exact) mass is 464 g/mol. The zero-order chi connectivity index (χ0) is 22.5. The first-order valence-corrected chi connectivity index (χ1v) is 12.6. The van der Waals surface area contributed by atoms with Crippen molar-refractivity contribution in [3.05, 3.63) is 71.7 Å². The van der Waals surface area contributed by atoms with E-state index in [0.717, 1.165) is 40.5 Å². The zero-order valence-corrected chi connectivity index (χ0v) is 20.3. The summed E-state index contributed by atoms with van der Waals surface area (Å²) in [7, 11) is 0. The van der Waals surface area contributed by atoms with E-state index in [1.165, 1.54) is 17.7 Å². The molecule has 0 amide bonds. The van der Waals surface area contributed by atoms with Gasteiger partial charge in [-0.3, -0.25) is 0 Å². The lowest BCUT2D eigenvalue weighted by molar-refractivity contribution is 0.395. The van der Waals surface area contributed by atoms with Crippen molar-refractivity contribution in [3.8, 4) is 11.4 Å². The smallest absolute Gasteiger partial charge is 0.258 e. The molecule has 1 aromatic heterocycles. The van der Waals surface area contributed by atoms with E-state index in [1.54, 1.807) is 11.8 Å². The maximum Gasteiger partial charge on any atom is 0.258 e. The highest BCUT2D eigenvalue weighted by atomic mass is 32.2. The highest BCUT2D eigenvalue weighted by Crippen LogP contribution is 2.37. The van der Waals surface area contributed by atoms with Crippen molar-refractivity contribution in [2.45, 2.75) is 44.0 Å². The largest absolute Gasteiger partial charge is 0.351 e. The molecule has 1 aliphatic rings. The number of unbranched alkanes of at least 4 members (excludes halogenated alkanes) is 2. The number of allylic oxidation sites excluding steroid dienone is 1. The van der Waals surface area contributed by atoms with Crippen LogP contribution in [0, 0.1) is 0 Å². The molecule has 7 heteroatoms. The molecule has 4 rings (SSSR count). The van der Waals surface area contributed by atoms with Crippen LogP contribution >= 0.6 is 24.0 Å². The number of thiocarbonyl (C=S) groups is 1. The van der Waals surface area contributed by atoms with Crippen LogP contribution in [0.15, 0.2) is 69.7 Å². The summed E-state index contributed by atoms with van der Waals surface area (Å²) >= 11 is 7.46. The molecule has 0 saturated heterocycles. The summed E-state index contributed by atoms with van der Waals surface area (Å²) in [4.78, 5) is 8.15. The van der Waals surface area contributed by atoms with Crippen molar-refractivity contribution in [1.82, 2.24) is 20.4 Å². The number of nitrogens with zero attached hydrogens (tertiary/aromatic N) is 3. The molecule has 2 heterocycles. The van der Waals surface area contributed by atoms with E-state index in [2.05, 4.69) is 59.7 Å². The number of aromatic nitrogens is 2. The van der Waals surface area contributed by atoms with E-state index in [1.807, 2.05) is 30.3 Å². The van der Waals surface area contributed by atoms with Crippen molar-refractivity contribution < 1.29 is 4.52 Å². The Morgan fingerprint density at radius 3 is 2.53 bits per heavy atom. The van der Waals surface area contributed by atoms with Gasteiger partial charge in [-0.2, -0.15) is 4.98 Å². The van der Waals surface area contributed by atoms with E-state index < -0.39 is 0 Å². The predicted octanol–water partition coefficient (Wildman–Crippen LogP) is 6.31. The average Bonchev–Trinajstić information content (AvgIpc) is 3.31. The lowest BCUT2D eigenvalue weighted by Crippen LogP contribution is -2.46. The first-order valence-electron chi connectivity index (χ1n) is 10.9. The Labute approximate surface area is 199 Å². The van der Waals surface area contributed by atoms with E-state index >= 15 is 0 Å². The topological polar surface area (TPSA) is 54.2 Å². The SMILES string of the molecule is CCCCCN1C(=S)NC(c2ccccc2)C(c2nc(-c3ccc(SC)cc3)no2)=C1C. The van der Waals surface area contributed by atoms with Crippen molar-refractivity contribution in [1.29, 1.82) is 0 Å². The van der Waals surface area contributed by atoms with E-state index in [0.29, 0.717) is 11.7 Å². The molecule has 0 bridgehead atoms. The van der Waals surface area contributed by atoms with E-state index in [9.17, 15) is 0 Å². The summed E-state index contributed by atoms with van der Waals surface area (Å²) in [6.07, 6.45) is 5.47. The normalized spacial score (nSPS) is 16.4. The quantitative estimate of drug-likeness (QED) is 0.238. The van der Waals surface area contributed by atoms with Gasteiger partial charge in [0.2, 0.25) is 5.82 Å². The van der Waals surface area contributed by atoms with Crippen LogP contribution < -0.4 is 5.32 Å². The third-order valence-electron chi connectivity index (χ3n) is 5.72. The first-order chi connectivity index (χ1) is 15.6. The Morgan fingerprint density at radius 2 is 1.84 bits per heavy atom. The number of nitrogens with one attached hydrogen (secondary N) is 1. The molecule has 0 saturated carbocycles. The molecule has 5 nitrogen and oxygen atoms in total. The Hall–Kier alpha value is -2.64. The van der Waals surface area contributed by atoms with Gasteiger partial charge < -0.3 is 14.7 Å². The van der Waals surface area contributed by atoms with Crippen molar-refractivity contribution in [3.63, 3.8) is 0 Å². The summed E-state index contributed by atoms with van der Waals surface area (Å²) in [5.41, 5.74) is 4.08. The molecular weight excluding hydrogens is 436 g/mol. The maximum absolute atomic E-state index is 5.81. The predicted molar refractivity (Wildman–Crippen MR) is 135 cm³/mol. The molecule has 0 fully saturated rings. The molecule has 0 aliphatic carbocycles. The first kappa shape index (κ1) is 22.6. The zero-order valence-electron chi connectivity index (χ0n) is 18.7. The molecule has 2 aromatic carbocycles. The van der Waals surface area contributed by atoms with Crippen molar-refractivity contribution in [2.75, 3.05) is 12.8 Å². The Balaban J connectivity index is 1.74. The Morgan fingerprint density at radius 1 is 1.09 bits per heavy atom. The fourth-order valence-corrected chi connectivity index (χ4v) is 4.69. The Kier molecular flexibility index (Phi) is 7.27. The van der Waals surface area contributed by atoms with Crippen LogP contribution in [0.5, 0.6) is 0 Å². The molecule has 1 atom stereocenters. The number of benzene rings is 2. The Bertz CT molecular complexity index is 1090. The van der Waals surface area contributed by atoms with Crippen LogP contribution in [0.25, 0.3) is 17.0 Å². The summed E-state index contributed by atoms with van der Waals surface area (Å²) in [5, 5.41) is 8.55. The molecule has 1 N–H and O–H groups in total. The van der Waals surface area contributed by atoms with Gasteiger partial charge in [0.15, 0.2) is 5.11 Å². The molecule has 0 spiro atoms. The number of thioether (sulfide) groups is 1. The van der Waals surface area contributed by atoms with Crippen LogP contribution in [0.1, 0.15) is 50.6 Å². The fraction of sp³-hybridized carbons (Fsp3) is 0.320. The minimum absolute atomic E-state index is 0.140. The maximum atomic E-state index is 5.81. The summed E-state index contributed by atoms with van der Waals surface area (Å²) < 4.78 is 5.81. The average molecular weight is 465 g/mol. The number of hydrogen-bond acceptors (Lipinski definition) is 5. The third kappa shape index (κ3) is 4.74. The fourth-order valence-electron chi connectivity index (χ4n) is 3.93. The minimum atomic E-state index is -0.140. The van der Waals surface area contributed by atoms with E-state index in [4.69, 9.17) is 21.7 Å². The van der Waals surface area contributed by atoms with Gasteiger partial charge >= 0.3 is 0 Å². The van der Waals surface area contributed by atoms with Gasteiger partial charge in [0.05, 0.1) is 11.6 Å². The summed E-state index contributed by atoms with van der Waals surface area (Å²) in [6, 6.07) is 18.3. The lowest BCUT2D eigenvalue weighted by Gasteiger charge is -2.37. The van der Waals surface area contributed by atoms with Gasteiger partial charge in [-0.15, -0.1) is 11.8 Å². The van der Waals surface area contributed by atoms with Crippen LogP contribution in [-0.4, -0.2) is 33.0 Å². The van der Waals surface area contributed by atoms with Gasteiger partial charge in [0.25, 0.3) is 5.89 Å². The summed E-state index contributed by atoms with van der Waals surface area (Å²) in [5.74, 6) is 1.11. The standard InChI is InChI=1S/C25H28N4OS2/c1-4-5-9-16-29-17(2)21(22(26-25(29)31)18-10-7-6-8-11-18)24-27-23(28-30-24)19-12-14-20(32-3)15-13-19/h6-8,10-15,22H,4-5,9,16H2,1-3H3,(H,26,31). The van der Waals surface area contributed by atoms with Gasteiger partial charge in [-0.25, -0.2) is 0 Å². The van der Waals surface area contributed by atoms with Crippen LogP contribution in [0.4, 0.5) is 0 Å². The number of rotatable bonds is 8. The molecular formula is C25H28N4OS2. The molecule has 1 unspecified atom stereocenters. The molecule has 3 aromatic rings. The second kappa shape index (κ2) is 10.3.